The Morgan fingerprint density at radius 1 is 1.38 bits per heavy atom. The average Bonchev–Trinajstić information content (AvgIpc) is 2.90. The molecule has 2 atom stereocenters. The number of ether oxygens (including phenoxy) is 1. The van der Waals surface area contributed by atoms with Crippen molar-refractivity contribution >= 4 is 34.8 Å². The van der Waals surface area contributed by atoms with Crippen LogP contribution in [0.3, 0.4) is 0 Å². The molecule has 1 fully saturated rings. The van der Waals surface area contributed by atoms with E-state index in [9.17, 15) is 9.59 Å². The summed E-state index contributed by atoms with van der Waals surface area (Å²) in [4.78, 5) is 23.1. The molecule has 2 amide bonds. The van der Waals surface area contributed by atoms with Crippen LogP contribution in [0.1, 0.15) is 19.8 Å². The van der Waals surface area contributed by atoms with Crippen molar-refractivity contribution in [2.75, 3.05) is 17.2 Å². The molecule has 0 aromatic heterocycles. The van der Waals surface area contributed by atoms with Crippen LogP contribution >= 0.6 is 11.6 Å². The van der Waals surface area contributed by atoms with Crippen molar-refractivity contribution in [3.05, 3.63) is 23.2 Å². The molecule has 0 aliphatic carbocycles. The number of anilines is 2. The first-order chi connectivity index (χ1) is 9.99. The molecule has 0 saturated carbocycles. The van der Waals surface area contributed by atoms with Gasteiger partial charge in [0, 0.05) is 19.2 Å². The molecule has 1 aliphatic rings. The number of hydrogen-bond donors (Lipinski definition) is 3. The predicted molar refractivity (Wildman–Crippen MR) is 81.3 cm³/mol. The number of rotatable bonds is 4. The maximum absolute atomic E-state index is 12.1. The van der Waals surface area contributed by atoms with Gasteiger partial charge in [0.15, 0.2) is 0 Å². The minimum absolute atomic E-state index is 0.0496. The average molecular weight is 312 g/mol. The summed E-state index contributed by atoms with van der Waals surface area (Å²) in [5.41, 5.74) is 6.57. The van der Waals surface area contributed by atoms with Gasteiger partial charge >= 0.3 is 0 Å². The SMILES string of the molecule is CC(=O)Nc1ccc(NC(=O)[C@@H]2CC[C@H](CN)O2)cc1Cl. The monoisotopic (exact) mass is 311 g/mol. The van der Waals surface area contributed by atoms with E-state index in [4.69, 9.17) is 22.1 Å². The van der Waals surface area contributed by atoms with Crippen LogP contribution in [0.5, 0.6) is 0 Å². The number of amides is 2. The lowest BCUT2D eigenvalue weighted by Crippen LogP contribution is -2.29. The Morgan fingerprint density at radius 2 is 2.14 bits per heavy atom. The minimum atomic E-state index is -0.479. The molecule has 1 aliphatic heterocycles. The molecule has 7 heteroatoms. The van der Waals surface area contributed by atoms with Crippen molar-refractivity contribution in [2.45, 2.75) is 32.0 Å². The fourth-order valence-electron chi connectivity index (χ4n) is 2.18. The lowest BCUT2D eigenvalue weighted by Gasteiger charge is -2.13. The molecule has 4 N–H and O–H groups in total. The largest absolute Gasteiger partial charge is 0.364 e. The Morgan fingerprint density at radius 3 is 2.71 bits per heavy atom. The van der Waals surface area contributed by atoms with Crippen LogP contribution in [0.4, 0.5) is 11.4 Å². The standard InChI is InChI=1S/C14H18ClN3O3/c1-8(19)17-12-4-2-9(6-11(12)15)18-14(20)13-5-3-10(7-16)21-13/h2,4,6,10,13H,3,5,7,16H2,1H3,(H,17,19)(H,18,20)/t10-,13+/m1/s1. The highest BCUT2D eigenvalue weighted by Gasteiger charge is 2.29. The van der Waals surface area contributed by atoms with Gasteiger partial charge in [-0.1, -0.05) is 11.6 Å². The van der Waals surface area contributed by atoms with Gasteiger partial charge in [0.1, 0.15) is 6.10 Å². The van der Waals surface area contributed by atoms with Crippen molar-refractivity contribution in [3.8, 4) is 0 Å². The summed E-state index contributed by atoms with van der Waals surface area (Å²) in [7, 11) is 0. The summed E-state index contributed by atoms with van der Waals surface area (Å²) in [5, 5.41) is 5.70. The summed E-state index contributed by atoms with van der Waals surface area (Å²) >= 11 is 6.05. The van der Waals surface area contributed by atoms with Crippen LogP contribution in [0.2, 0.25) is 5.02 Å². The van der Waals surface area contributed by atoms with Crippen LogP contribution in [0.15, 0.2) is 18.2 Å². The number of nitrogens with two attached hydrogens (primary N) is 1. The molecule has 0 bridgehead atoms. The van der Waals surface area contributed by atoms with E-state index in [1.165, 1.54) is 6.92 Å². The van der Waals surface area contributed by atoms with Gasteiger partial charge in [0.25, 0.3) is 5.91 Å². The maximum Gasteiger partial charge on any atom is 0.253 e. The molecule has 0 radical (unpaired) electrons. The molecule has 1 saturated heterocycles. The smallest absolute Gasteiger partial charge is 0.253 e. The van der Waals surface area contributed by atoms with E-state index in [-0.39, 0.29) is 17.9 Å². The van der Waals surface area contributed by atoms with Crippen LogP contribution in [0.25, 0.3) is 0 Å². The van der Waals surface area contributed by atoms with Gasteiger partial charge in [0.2, 0.25) is 5.91 Å². The second kappa shape index (κ2) is 6.89. The summed E-state index contributed by atoms with van der Waals surface area (Å²) in [6.45, 7) is 1.82. The van der Waals surface area contributed by atoms with Crippen LogP contribution in [-0.4, -0.2) is 30.6 Å². The van der Waals surface area contributed by atoms with Crippen LogP contribution < -0.4 is 16.4 Å². The third-order valence-corrected chi connectivity index (χ3v) is 3.52. The lowest BCUT2D eigenvalue weighted by molar-refractivity contribution is -0.126. The number of carbonyl (C=O) groups excluding carboxylic acids is 2. The summed E-state index contributed by atoms with van der Waals surface area (Å²) in [6, 6.07) is 4.89. The van der Waals surface area contributed by atoms with Crippen molar-refractivity contribution in [1.29, 1.82) is 0 Å². The molecule has 1 aromatic carbocycles. The molecule has 2 rings (SSSR count). The third-order valence-electron chi connectivity index (χ3n) is 3.21. The van der Waals surface area contributed by atoms with E-state index >= 15 is 0 Å². The van der Waals surface area contributed by atoms with Gasteiger partial charge in [-0.15, -0.1) is 0 Å². The molecular formula is C14H18ClN3O3. The lowest BCUT2D eigenvalue weighted by atomic mass is 10.2. The molecule has 1 aromatic rings. The van der Waals surface area contributed by atoms with E-state index < -0.39 is 6.10 Å². The zero-order valence-corrected chi connectivity index (χ0v) is 12.4. The Hall–Kier alpha value is -1.63. The summed E-state index contributed by atoms with van der Waals surface area (Å²) in [5.74, 6) is -0.421. The first-order valence-corrected chi connectivity index (χ1v) is 7.11. The highest BCUT2D eigenvalue weighted by molar-refractivity contribution is 6.34. The van der Waals surface area contributed by atoms with Crippen molar-refractivity contribution < 1.29 is 14.3 Å². The Balaban J connectivity index is 1.98. The first-order valence-electron chi connectivity index (χ1n) is 6.73. The summed E-state index contributed by atoms with van der Waals surface area (Å²) in [6.07, 6.45) is 0.918. The highest BCUT2D eigenvalue weighted by Crippen LogP contribution is 2.26. The van der Waals surface area contributed by atoms with Gasteiger partial charge in [-0.25, -0.2) is 0 Å². The van der Waals surface area contributed by atoms with Crippen molar-refractivity contribution in [3.63, 3.8) is 0 Å². The zero-order chi connectivity index (χ0) is 15.4. The van der Waals surface area contributed by atoms with Gasteiger partial charge < -0.3 is 21.1 Å². The van der Waals surface area contributed by atoms with Gasteiger partial charge in [0.05, 0.1) is 16.8 Å². The fraction of sp³-hybridized carbons (Fsp3) is 0.429. The van der Waals surface area contributed by atoms with Crippen LogP contribution in [0, 0.1) is 0 Å². The van der Waals surface area contributed by atoms with Crippen LogP contribution in [-0.2, 0) is 14.3 Å². The van der Waals surface area contributed by atoms with Gasteiger partial charge in [-0.3, -0.25) is 9.59 Å². The van der Waals surface area contributed by atoms with E-state index in [2.05, 4.69) is 10.6 Å². The molecule has 6 nitrogen and oxygen atoms in total. The van der Waals surface area contributed by atoms with Gasteiger partial charge in [-0.2, -0.15) is 0 Å². The first kappa shape index (κ1) is 15.8. The number of hydrogen-bond acceptors (Lipinski definition) is 4. The predicted octanol–water partition coefficient (Wildman–Crippen LogP) is 1.74. The topological polar surface area (TPSA) is 93.5 Å². The molecule has 1 heterocycles. The number of nitrogens with one attached hydrogen (secondary N) is 2. The Labute approximate surface area is 128 Å². The van der Waals surface area contributed by atoms with E-state index in [0.717, 1.165) is 6.42 Å². The zero-order valence-electron chi connectivity index (χ0n) is 11.7. The van der Waals surface area contributed by atoms with Crippen molar-refractivity contribution in [1.82, 2.24) is 0 Å². The Bertz CT molecular complexity index is 550. The number of benzene rings is 1. The number of carbonyl (C=O) groups is 2. The minimum Gasteiger partial charge on any atom is -0.364 e. The quantitative estimate of drug-likeness (QED) is 0.789. The summed E-state index contributed by atoms with van der Waals surface area (Å²) < 4.78 is 5.52. The second-order valence-electron chi connectivity index (χ2n) is 4.92. The number of halogens is 1. The molecule has 0 unspecified atom stereocenters. The molecule has 114 valence electrons. The fourth-order valence-corrected chi connectivity index (χ4v) is 2.41. The molecule has 0 spiro atoms. The van der Waals surface area contributed by atoms with Gasteiger partial charge in [-0.05, 0) is 31.0 Å². The second-order valence-corrected chi connectivity index (χ2v) is 5.33. The van der Waals surface area contributed by atoms with E-state index in [0.29, 0.717) is 29.4 Å². The molecule has 21 heavy (non-hydrogen) atoms. The Kier molecular flexibility index (Phi) is 5.17. The third kappa shape index (κ3) is 4.17. The highest BCUT2D eigenvalue weighted by atomic mass is 35.5. The molecular weight excluding hydrogens is 294 g/mol. The van der Waals surface area contributed by atoms with E-state index in [1.807, 2.05) is 0 Å². The van der Waals surface area contributed by atoms with Crippen molar-refractivity contribution in [2.24, 2.45) is 5.73 Å². The normalized spacial score (nSPS) is 21.1. The maximum atomic E-state index is 12.1. The van der Waals surface area contributed by atoms with E-state index in [1.54, 1.807) is 18.2 Å².